The normalized spacial score (nSPS) is 12.9. The van der Waals surface area contributed by atoms with Crippen LogP contribution in [-0.4, -0.2) is 103 Å². The fraction of sp³-hybridized carbons (Fsp3) is 0.609. The fourth-order valence-corrected chi connectivity index (χ4v) is 2.87. The van der Waals surface area contributed by atoms with E-state index < -0.39 is 48.0 Å². The van der Waals surface area contributed by atoms with Gasteiger partial charge < -0.3 is 52.8 Å². The summed E-state index contributed by atoms with van der Waals surface area (Å²) in [5.74, 6) is -4.28. The standard InChI is InChI=1S/C8H11N3O3.C8H16N2O4.C7H14N2O3/c1-5(12)11-7(8(13)14)2-6-3-9-4-10-6;1-5(11)10-7(8(13)14)3-2-6(12)4-9;1-5(10)9-6(7(11)12)3-2-4-8/h3-4,7H,2H2,1H3,(H,9,10)(H,11,12)(H,13,14);6-7,12H,2-4,9H2,1H3,(H,10,11)(H,13,14);6H,2-4,8H2,1H3,(H,9,10)(H,11,12)/t7-;6-,7+;6-/m010/s1. The van der Waals surface area contributed by atoms with Gasteiger partial charge >= 0.3 is 17.9 Å². The van der Waals surface area contributed by atoms with E-state index in [4.69, 9.17) is 31.9 Å². The number of amides is 3. The summed E-state index contributed by atoms with van der Waals surface area (Å²) < 4.78 is 0. The van der Waals surface area contributed by atoms with Crippen molar-refractivity contribution in [3.05, 3.63) is 18.2 Å². The lowest BCUT2D eigenvalue weighted by Gasteiger charge is -2.14. The van der Waals surface area contributed by atoms with Crippen LogP contribution >= 0.6 is 0 Å². The third kappa shape index (κ3) is 20.9. The van der Waals surface area contributed by atoms with Gasteiger partial charge in [0.1, 0.15) is 18.1 Å². The Morgan fingerprint density at radius 2 is 1.25 bits per heavy atom. The number of imidazole rings is 1. The van der Waals surface area contributed by atoms with Crippen LogP contribution in [-0.2, 0) is 35.2 Å². The van der Waals surface area contributed by atoms with Crippen LogP contribution in [0.5, 0.6) is 0 Å². The van der Waals surface area contributed by atoms with Crippen LogP contribution in [0.1, 0.15) is 52.1 Å². The number of nitrogens with zero attached hydrogens (tertiary/aromatic N) is 1. The van der Waals surface area contributed by atoms with E-state index in [1.807, 2.05) is 0 Å². The van der Waals surface area contributed by atoms with Crippen LogP contribution in [0.3, 0.4) is 0 Å². The first-order chi connectivity index (χ1) is 18.6. The number of aliphatic carboxylic acids is 3. The zero-order valence-corrected chi connectivity index (χ0v) is 22.8. The lowest BCUT2D eigenvalue weighted by molar-refractivity contribution is -0.142. The minimum atomic E-state index is -1.11. The van der Waals surface area contributed by atoms with Crippen molar-refractivity contribution in [1.29, 1.82) is 0 Å². The van der Waals surface area contributed by atoms with Crippen LogP contribution in [0.25, 0.3) is 0 Å². The number of hydrogen-bond donors (Lipinski definition) is 10. The van der Waals surface area contributed by atoms with Gasteiger partial charge in [-0.2, -0.15) is 0 Å². The lowest BCUT2D eigenvalue weighted by atomic mass is 10.1. The highest BCUT2D eigenvalue weighted by Gasteiger charge is 2.20. The number of H-pyrrole nitrogens is 1. The van der Waals surface area contributed by atoms with Crippen LogP contribution in [0, 0.1) is 0 Å². The zero-order chi connectivity index (χ0) is 31.3. The predicted octanol–water partition coefficient (Wildman–Crippen LogP) is -2.47. The number of aromatic nitrogens is 2. The van der Waals surface area contributed by atoms with Gasteiger partial charge in [-0.05, 0) is 32.2 Å². The molecule has 228 valence electrons. The highest BCUT2D eigenvalue weighted by atomic mass is 16.4. The number of carboxylic acids is 3. The number of rotatable bonds is 15. The smallest absolute Gasteiger partial charge is 0.326 e. The minimum Gasteiger partial charge on any atom is -0.480 e. The number of carbonyl (C=O) groups is 6. The quantitative estimate of drug-likeness (QED) is 0.104. The molecule has 0 spiro atoms. The van der Waals surface area contributed by atoms with Gasteiger partial charge in [0.25, 0.3) is 0 Å². The van der Waals surface area contributed by atoms with Crippen LogP contribution < -0.4 is 27.4 Å². The Kier molecular flexibility index (Phi) is 20.7. The molecule has 0 aliphatic carbocycles. The maximum Gasteiger partial charge on any atom is 0.326 e. The SMILES string of the molecule is CC(=O)N[C@@H](CCCN)C(=O)O.CC(=O)N[C@@H](CC[C@@H](O)CN)C(=O)O.CC(=O)N[C@@H](Cc1cnc[nH]1)C(=O)O. The van der Waals surface area contributed by atoms with Crippen LogP contribution in [0.2, 0.25) is 0 Å². The molecule has 1 aromatic heterocycles. The van der Waals surface area contributed by atoms with Gasteiger partial charge in [-0.3, -0.25) is 14.4 Å². The van der Waals surface area contributed by atoms with Crippen molar-refractivity contribution in [2.75, 3.05) is 13.1 Å². The van der Waals surface area contributed by atoms with Gasteiger partial charge in [0.15, 0.2) is 0 Å². The maximum atomic E-state index is 10.7. The second-order valence-electron chi connectivity index (χ2n) is 8.45. The van der Waals surface area contributed by atoms with Crippen LogP contribution in [0.4, 0.5) is 0 Å². The van der Waals surface area contributed by atoms with E-state index in [-0.39, 0.29) is 37.6 Å². The van der Waals surface area contributed by atoms with Crippen molar-refractivity contribution < 1.29 is 49.2 Å². The predicted molar refractivity (Wildman–Crippen MR) is 141 cm³/mol. The van der Waals surface area contributed by atoms with Gasteiger partial charge in [-0.1, -0.05) is 0 Å². The molecule has 12 N–H and O–H groups in total. The molecule has 3 amide bonds. The van der Waals surface area contributed by atoms with Gasteiger partial charge in [-0.15, -0.1) is 0 Å². The Balaban J connectivity index is 0. The Hall–Kier alpha value is -4.09. The Labute approximate surface area is 231 Å². The van der Waals surface area contributed by atoms with Crippen molar-refractivity contribution in [2.24, 2.45) is 11.5 Å². The van der Waals surface area contributed by atoms with Crippen molar-refractivity contribution in [3.8, 4) is 0 Å². The molecule has 40 heavy (non-hydrogen) atoms. The van der Waals surface area contributed by atoms with E-state index in [1.54, 1.807) is 0 Å². The summed E-state index contributed by atoms with van der Waals surface area (Å²) in [5, 5.41) is 42.1. The monoisotopic (exact) mass is 575 g/mol. The highest BCUT2D eigenvalue weighted by Crippen LogP contribution is 2.02. The van der Waals surface area contributed by atoms with Crippen molar-refractivity contribution in [2.45, 2.75) is 77.1 Å². The molecule has 17 heteroatoms. The number of aliphatic hydroxyl groups excluding tert-OH is 1. The summed E-state index contributed by atoms with van der Waals surface area (Å²) in [6.07, 6.45) is 3.88. The lowest BCUT2D eigenvalue weighted by Crippen LogP contribution is -2.41. The molecule has 4 atom stereocenters. The number of carbonyl (C=O) groups excluding carboxylic acids is 3. The van der Waals surface area contributed by atoms with Crippen molar-refractivity contribution in [1.82, 2.24) is 25.9 Å². The third-order valence-electron chi connectivity index (χ3n) is 4.76. The number of aromatic amines is 1. The molecule has 1 heterocycles. The molecule has 0 saturated heterocycles. The first kappa shape index (κ1) is 38.1. The molecule has 0 aliphatic rings. The molecule has 0 aromatic carbocycles. The number of aliphatic hydroxyl groups is 1. The summed E-state index contributed by atoms with van der Waals surface area (Å²) in [6.45, 7) is 4.34. The van der Waals surface area contributed by atoms with E-state index in [9.17, 15) is 28.8 Å². The summed E-state index contributed by atoms with van der Waals surface area (Å²) in [7, 11) is 0. The molecular formula is C23H41N7O10. The molecule has 0 radical (unpaired) electrons. The zero-order valence-electron chi connectivity index (χ0n) is 22.8. The average Bonchev–Trinajstić information content (AvgIpc) is 3.36. The molecule has 0 saturated carbocycles. The average molecular weight is 576 g/mol. The maximum absolute atomic E-state index is 10.7. The van der Waals surface area contributed by atoms with Crippen molar-refractivity contribution >= 4 is 35.6 Å². The van der Waals surface area contributed by atoms with Crippen molar-refractivity contribution in [3.63, 3.8) is 0 Å². The first-order valence-electron chi connectivity index (χ1n) is 12.2. The van der Waals surface area contributed by atoms with E-state index in [1.165, 1.54) is 33.3 Å². The first-order valence-corrected chi connectivity index (χ1v) is 12.2. The summed E-state index contributed by atoms with van der Waals surface area (Å²) >= 11 is 0. The summed E-state index contributed by atoms with van der Waals surface area (Å²) in [4.78, 5) is 70.1. The number of nitrogens with one attached hydrogen (secondary N) is 4. The third-order valence-corrected chi connectivity index (χ3v) is 4.76. The van der Waals surface area contributed by atoms with Gasteiger partial charge in [0.05, 0.1) is 12.4 Å². The number of hydrogen-bond acceptors (Lipinski definition) is 10. The minimum absolute atomic E-state index is 0.0897. The Morgan fingerprint density at radius 3 is 1.60 bits per heavy atom. The molecule has 1 aromatic rings. The van der Waals surface area contributed by atoms with Gasteiger partial charge in [0.2, 0.25) is 17.7 Å². The number of carboxylic acid groups (broad SMARTS) is 3. The second-order valence-corrected chi connectivity index (χ2v) is 8.45. The van der Waals surface area contributed by atoms with E-state index in [2.05, 4.69) is 25.9 Å². The Morgan fingerprint density at radius 1 is 0.800 bits per heavy atom. The summed E-state index contributed by atoms with van der Waals surface area (Å²) in [6, 6.07) is -2.66. The fourth-order valence-electron chi connectivity index (χ4n) is 2.87. The molecule has 1 rings (SSSR count). The second kappa shape index (κ2) is 21.8. The molecule has 0 bridgehead atoms. The van der Waals surface area contributed by atoms with Gasteiger partial charge in [-0.25, -0.2) is 19.4 Å². The van der Waals surface area contributed by atoms with Gasteiger partial charge in [0, 0.05) is 45.6 Å². The number of nitrogens with two attached hydrogens (primary N) is 2. The highest BCUT2D eigenvalue weighted by molar-refractivity contribution is 5.83. The van der Waals surface area contributed by atoms with Crippen LogP contribution in [0.15, 0.2) is 12.5 Å². The van der Waals surface area contributed by atoms with E-state index in [0.717, 1.165) is 0 Å². The van der Waals surface area contributed by atoms with E-state index in [0.29, 0.717) is 25.1 Å². The molecule has 0 unspecified atom stereocenters. The van der Waals surface area contributed by atoms with E-state index >= 15 is 0 Å². The topological polar surface area (TPSA) is 300 Å². The molecule has 17 nitrogen and oxygen atoms in total. The largest absolute Gasteiger partial charge is 0.480 e. The molecule has 0 fully saturated rings. The Bertz CT molecular complexity index is 927. The molecular weight excluding hydrogens is 534 g/mol. The summed E-state index contributed by atoms with van der Waals surface area (Å²) in [5.41, 5.74) is 11.0. The molecule has 0 aliphatic heterocycles.